The Morgan fingerprint density at radius 1 is 1.16 bits per heavy atom. The lowest BCUT2D eigenvalue weighted by molar-refractivity contribution is -0.116. The molecule has 4 heteroatoms. The van der Waals surface area contributed by atoms with Crippen molar-refractivity contribution in [3.05, 3.63) is 59.9 Å². The van der Waals surface area contributed by atoms with Crippen LogP contribution in [0.2, 0.25) is 0 Å². The average molecular weight is 255 g/mol. The van der Waals surface area contributed by atoms with Crippen LogP contribution in [0, 0.1) is 0 Å². The molecule has 0 atom stereocenters. The van der Waals surface area contributed by atoms with E-state index < -0.39 is 0 Å². The number of nitrogens with two attached hydrogens (primary N) is 1. The fraction of sp³-hybridized carbons (Fsp3) is 0.200. The number of rotatable bonds is 5. The molecule has 0 saturated carbocycles. The molecule has 2 aromatic rings. The molecule has 0 spiro atoms. The third-order valence-corrected chi connectivity index (χ3v) is 2.85. The molecule has 0 aliphatic heterocycles. The van der Waals surface area contributed by atoms with Crippen LogP contribution in [-0.4, -0.2) is 10.9 Å². The molecule has 0 aliphatic rings. The number of pyridine rings is 1. The first-order chi connectivity index (χ1) is 9.29. The van der Waals surface area contributed by atoms with Gasteiger partial charge in [0.25, 0.3) is 0 Å². The standard InChI is InChI=1S/C15H17N3O/c16-11-12-5-1-2-7-14(12)18-15(19)9-8-13-6-3-4-10-17-13/h1-7,10H,8-9,11,16H2,(H,18,19). The van der Waals surface area contributed by atoms with E-state index in [2.05, 4.69) is 10.3 Å². The molecule has 3 N–H and O–H groups in total. The predicted octanol–water partition coefficient (Wildman–Crippen LogP) is 2.11. The summed E-state index contributed by atoms with van der Waals surface area (Å²) in [6, 6.07) is 13.3. The molecule has 1 amide bonds. The number of hydrogen-bond acceptors (Lipinski definition) is 3. The molecule has 2 rings (SSSR count). The Labute approximate surface area is 112 Å². The SMILES string of the molecule is NCc1ccccc1NC(=O)CCc1ccccn1. The highest BCUT2D eigenvalue weighted by Crippen LogP contribution is 2.14. The quantitative estimate of drug-likeness (QED) is 0.859. The molecule has 0 aliphatic carbocycles. The van der Waals surface area contributed by atoms with Crippen molar-refractivity contribution in [3.63, 3.8) is 0 Å². The van der Waals surface area contributed by atoms with Crippen LogP contribution in [0.15, 0.2) is 48.7 Å². The summed E-state index contributed by atoms with van der Waals surface area (Å²) < 4.78 is 0. The van der Waals surface area contributed by atoms with Gasteiger partial charge in [0, 0.05) is 30.5 Å². The van der Waals surface area contributed by atoms with E-state index in [1.807, 2.05) is 42.5 Å². The zero-order chi connectivity index (χ0) is 13.5. The van der Waals surface area contributed by atoms with Crippen LogP contribution in [-0.2, 0) is 17.8 Å². The summed E-state index contributed by atoms with van der Waals surface area (Å²) in [5.41, 5.74) is 8.28. The highest BCUT2D eigenvalue weighted by molar-refractivity contribution is 5.91. The molecule has 0 fully saturated rings. The van der Waals surface area contributed by atoms with Gasteiger partial charge in [-0.1, -0.05) is 24.3 Å². The maximum absolute atomic E-state index is 11.9. The molecular weight excluding hydrogens is 238 g/mol. The van der Waals surface area contributed by atoms with Crippen LogP contribution >= 0.6 is 0 Å². The number of amides is 1. The van der Waals surface area contributed by atoms with E-state index in [1.165, 1.54) is 0 Å². The molecule has 0 unspecified atom stereocenters. The molecule has 1 aromatic heterocycles. The lowest BCUT2D eigenvalue weighted by Gasteiger charge is -2.09. The van der Waals surface area contributed by atoms with Gasteiger partial charge in [0.1, 0.15) is 0 Å². The van der Waals surface area contributed by atoms with Crippen molar-refractivity contribution in [2.45, 2.75) is 19.4 Å². The van der Waals surface area contributed by atoms with E-state index in [9.17, 15) is 4.79 Å². The van der Waals surface area contributed by atoms with Crippen LogP contribution < -0.4 is 11.1 Å². The van der Waals surface area contributed by atoms with Crippen molar-refractivity contribution in [1.82, 2.24) is 4.98 Å². The Kier molecular flexibility index (Phi) is 4.64. The second-order valence-electron chi connectivity index (χ2n) is 4.23. The number of nitrogens with zero attached hydrogens (tertiary/aromatic N) is 1. The van der Waals surface area contributed by atoms with Crippen LogP contribution in [0.3, 0.4) is 0 Å². The first kappa shape index (κ1) is 13.2. The largest absolute Gasteiger partial charge is 0.326 e. The Hall–Kier alpha value is -2.20. The van der Waals surface area contributed by atoms with E-state index in [0.29, 0.717) is 19.4 Å². The second kappa shape index (κ2) is 6.66. The van der Waals surface area contributed by atoms with Crippen LogP contribution in [0.1, 0.15) is 17.7 Å². The number of benzene rings is 1. The van der Waals surface area contributed by atoms with Gasteiger partial charge in [-0.15, -0.1) is 0 Å². The van der Waals surface area contributed by atoms with Gasteiger partial charge in [-0.3, -0.25) is 9.78 Å². The third kappa shape index (κ3) is 3.89. The van der Waals surface area contributed by atoms with Crippen molar-refractivity contribution >= 4 is 11.6 Å². The number of carbonyl (C=O) groups excluding carboxylic acids is 1. The predicted molar refractivity (Wildman–Crippen MR) is 75.5 cm³/mol. The summed E-state index contributed by atoms with van der Waals surface area (Å²) in [5.74, 6) is -0.0217. The zero-order valence-electron chi connectivity index (χ0n) is 10.7. The van der Waals surface area contributed by atoms with E-state index in [-0.39, 0.29) is 5.91 Å². The highest BCUT2D eigenvalue weighted by atomic mass is 16.1. The van der Waals surface area contributed by atoms with Gasteiger partial charge in [-0.2, -0.15) is 0 Å². The molecule has 1 aromatic carbocycles. The molecule has 0 bridgehead atoms. The van der Waals surface area contributed by atoms with E-state index in [0.717, 1.165) is 16.9 Å². The highest BCUT2D eigenvalue weighted by Gasteiger charge is 2.06. The fourth-order valence-electron chi connectivity index (χ4n) is 1.82. The van der Waals surface area contributed by atoms with Crippen LogP contribution in [0.5, 0.6) is 0 Å². The molecule has 19 heavy (non-hydrogen) atoms. The number of anilines is 1. The van der Waals surface area contributed by atoms with Gasteiger partial charge >= 0.3 is 0 Å². The molecule has 4 nitrogen and oxygen atoms in total. The molecule has 98 valence electrons. The summed E-state index contributed by atoms with van der Waals surface area (Å²) in [6.07, 6.45) is 2.78. The first-order valence-corrected chi connectivity index (χ1v) is 6.27. The maximum atomic E-state index is 11.9. The topological polar surface area (TPSA) is 68.0 Å². The van der Waals surface area contributed by atoms with Gasteiger partial charge in [0.15, 0.2) is 0 Å². The third-order valence-electron chi connectivity index (χ3n) is 2.85. The maximum Gasteiger partial charge on any atom is 0.224 e. The van der Waals surface area contributed by atoms with Crippen molar-refractivity contribution in [2.24, 2.45) is 5.73 Å². The van der Waals surface area contributed by atoms with Crippen molar-refractivity contribution in [3.8, 4) is 0 Å². The smallest absolute Gasteiger partial charge is 0.224 e. The normalized spacial score (nSPS) is 10.2. The summed E-state index contributed by atoms with van der Waals surface area (Å²) in [4.78, 5) is 16.1. The number of nitrogens with one attached hydrogen (secondary N) is 1. The fourth-order valence-corrected chi connectivity index (χ4v) is 1.82. The first-order valence-electron chi connectivity index (χ1n) is 6.27. The van der Waals surface area contributed by atoms with Crippen molar-refractivity contribution in [1.29, 1.82) is 0 Å². The Bertz CT molecular complexity index is 540. The number of carbonyl (C=O) groups is 1. The minimum absolute atomic E-state index is 0.0217. The number of aryl methyl sites for hydroxylation is 1. The van der Waals surface area contributed by atoms with Crippen LogP contribution in [0.25, 0.3) is 0 Å². The summed E-state index contributed by atoms with van der Waals surface area (Å²) in [7, 11) is 0. The van der Waals surface area contributed by atoms with Gasteiger partial charge in [-0.25, -0.2) is 0 Å². The monoisotopic (exact) mass is 255 g/mol. The number of para-hydroxylation sites is 1. The van der Waals surface area contributed by atoms with Gasteiger partial charge < -0.3 is 11.1 Å². The second-order valence-corrected chi connectivity index (χ2v) is 4.23. The minimum Gasteiger partial charge on any atom is -0.326 e. The summed E-state index contributed by atoms with van der Waals surface area (Å²) >= 11 is 0. The van der Waals surface area contributed by atoms with Gasteiger partial charge in [-0.05, 0) is 30.2 Å². The average Bonchev–Trinajstić information content (AvgIpc) is 2.47. The van der Waals surface area contributed by atoms with Crippen molar-refractivity contribution in [2.75, 3.05) is 5.32 Å². The Morgan fingerprint density at radius 2 is 1.95 bits per heavy atom. The van der Waals surface area contributed by atoms with Gasteiger partial charge in [0.2, 0.25) is 5.91 Å². The Morgan fingerprint density at radius 3 is 2.68 bits per heavy atom. The zero-order valence-corrected chi connectivity index (χ0v) is 10.7. The molecule has 1 heterocycles. The Balaban J connectivity index is 1.91. The van der Waals surface area contributed by atoms with E-state index in [4.69, 9.17) is 5.73 Å². The van der Waals surface area contributed by atoms with Crippen molar-refractivity contribution < 1.29 is 4.79 Å². The lowest BCUT2D eigenvalue weighted by atomic mass is 10.1. The van der Waals surface area contributed by atoms with E-state index in [1.54, 1.807) is 6.20 Å². The number of hydrogen-bond donors (Lipinski definition) is 2. The van der Waals surface area contributed by atoms with Crippen LogP contribution in [0.4, 0.5) is 5.69 Å². The van der Waals surface area contributed by atoms with Gasteiger partial charge in [0.05, 0.1) is 0 Å². The van der Waals surface area contributed by atoms with E-state index >= 15 is 0 Å². The number of aromatic nitrogens is 1. The molecule has 0 radical (unpaired) electrons. The molecular formula is C15H17N3O. The summed E-state index contributed by atoms with van der Waals surface area (Å²) in [5, 5.41) is 2.88. The lowest BCUT2D eigenvalue weighted by Crippen LogP contribution is -2.14. The minimum atomic E-state index is -0.0217. The summed E-state index contributed by atoms with van der Waals surface area (Å²) in [6.45, 7) is 0.413. The molecule has 0 saturated heterocycles.